The first-order chi connectivity index (χ1) is 7.70. The van der Waals surface area contributed by atoms with Crippen LogP contribution in [0.3, 0.4) is 0 Å². The molecule has 2 rings (SSSR count). The Bertz CT molecular complexity index is 502. The molecule has 0 spiro atoms. The molecule has 2 N–H and O–H groups in total. The van der Waals surface area contributed by atoms with Crippen LogP contribution in [-0.2, 0) is 0 Å². The van der Waals surface area contributed by atoms with Crippen LogP contribution in [-0.4, -0.2) is 18.0 Å². The number of primary amides is 1. The molecule has 0 aliphatic rings. The van der Waals surface area contributed by atoms with Gasteiger partial charge in [-0.25, -0.2) is 4.98 Å². The molecule has 0 radical (unpaired) electrons. The minimum absolute atomic E-state index is 0.116. The van der Waals surface area contributed by atoms with E-state index in [1.807, 2.05) is 0 Å². The number of methoxy groups -OCH3 is 1. The van der Waals surface area contributed by atoms with E-state index in [1.165, 1.54) is 6.26 Å². The SMILES string of the molecule is COc1ccc(-c2nc(C(N)=O)co2)cc1. The highest BCUT2D eigenvalue weighted by atomic mass is 16.5. The zero-order valence-electron chi connectivity index (χ0n) is 8.64. The van der Waals surface area contributed by atoms with Gasteiger partial charge < -0.3 is 14.9 Å². The number of ether oxygens (including phenoxy) is 1. The number of carbonyl (C=O) groups is 1. The number of nitrogens with two attached hydrogens (primary N) is 1. The van der Waals surface area contributed by atoms with E-state index in [9.17, 15) is 4.79 Å². The second-order valence-corrected chi connectivity index (χ2v) is 3.13. The van der Waals surface area contributed by atoms with Gasteiger partial charge in [-0.15, -0.1) is 0 Å². The number of aromatic nitrogens is 1. The maximum Gasteiger partial charge on any atom is 0.270 e. The van der Waals surface area contributed by atoms with Gasteiger partial charge in [0, 0.05) is 5.56 Å². The highest BCUT2D eigenvalue weighted by Gasteiger charge is 2.10. The lowest BCUT2D eigenvalue weighted by Crippen LogP contribution is -2.10. The Kier molecular flexibility index (Phi) is 2.59. The van der Waals surface area contributed by atoms with Crippen molar-refractivity contribution in [1.29, 1.82) is 0 Å². The van der Waals surface area contributed by atoms with E-state index in [4.69, 9.17) is 14.9 Å². The van der Waals surface area contributed by atoms with Crippen LogP contribution in [0.5, 0.6) is 5.75 Å². The molecule has 1 aromatic carbocycles. The van der Waals surface area contributed by atoms with Crippen molar-refractivity contribution in [3.8, 4) is 17.2 Å². The van der Waals surface area contributed by atoms with E-state index in [0.717, 1.165) is 11.3 Å². The Hall–Kier alpha value is -2.30. The van der Waals surface area contributed by atoms with Gasteiger partial charge in [-0.2, -0.15) is 0 Å². The molecule has 1 amide bonds. The molecule has 0 atom stereocenters. The van der Waals surface area contributed by atoms with Crippen molar-refractivity contribution in [3.63, 3.8) is 0 Å². The Labute approximate surface area is 91.8 Å². The standard InChI is InChI=1S/C11H10N2O3/c1-15-8-4-2-7(3-5-8)11-13-9(6-16-11)10(12)14/h2-6H,1H3,(H2,12,14). The number of hydrogen-bond acceptors (Lipinski definition) is 4. The summed E-state index contributed by atoms with van der Waals surface area (Å²) < 4.78 is 10.2. The van der Waals surface area contributed by atoms with E-state index in [-0.39, 0.29) is 5.69 Å². The Morgan fingerprint density at radius 3 is 2.56 bits per heavy atom. The number of rotatable bonds is 3. The van der Waals surface area contributed by atoms with Crippen molar-refractivity contribution < 1.29 is 13.9 Å². The predicted molar refractivity (Wildman–Crippen MR) is 57.0 cm³/mol. The minimum atomic E-state index is -0.608. The zero-order valence-corrected chi connectivity index (χ0v) is 8.64. The molecule has 5 heteroatoms. The lowest BCUT2D eigenvalue weighted by molar-refractivity contribution is 0.0995. The number of hydrogen-bond donors (Lipinski definition) is 1. The Balaban J connectivity index is 2.31. The average Bonchev–Trinajstić information content (AvgIpc) is 2.78. The van der Waals surface area contributed by atoms with Crippen molar-refractivity contribution in [2.45, 2.75) is 0 Å². The van der Waals surface area contributed by atoms with E-state index < -0.39 is 5.91 Å². The van der Waals surface area contributed by atoms with Crippen molar-refractivity contribution in [2.75, 3.05) is 7.11 Å². The van der Waals surface area contributed by atoms with Crippen LogP contribution < -0.4 is 10.5 Å². The molecule has 1 aromatic heterocycles. The summed E-state index contributed by atoms with van der Waals surface area (Å²) in [6, 6.07) is 7.14. The summed E-state index contributed by atoms with van der Waals surface area (Å²) in [5, 5.41) is 0. The second-order valence-electron chi connectivity index (χ2n) is 3.13. The third kappa shape index (κ3) is 1.88. The number of nitrogens with zero attached hydrogens (tertiary/aromatic N) is 1. The number of carbonyl (C=O) groups excluding carboxylic acids is 1. The molecule has 2 aromatic rings. The van der Waals surface area contributed by atoms with Crippen molar-refractivity contribution in [1.82, 2.24) is 4.98 Å². The van der Waals surface area contributed by atoms with Gasteiger partial charge in [0.05, 0.1) is 7.11 Å². The highest BCUT2D eigenvalue weighted by molar-refractivity contribution is 5.90. The largest absolute Gasteiger partial charge is 0.497 e. The molecule has 0 fully saturated rings. The molecule has 0 aliphatic heterocycles. The van der Waals surface area contributed by atoms with Gasteiger partial charge in [0.1, 0.15) is 12.0 Å². The van der Waals surface area contributed by atoms with Crippen molar-refractivity contribution in [2.24, 2.45) is 5.73 Å². The second kappa shape index (κ2) is 4.06. The van der Waals surface area contributed by atoms with E-state index in [0.29, 0.717) is 5.89 Å². The fourth-order valence-corrected chi connectivity index (χ4v) is 1.25. The third-order valence-corrected chi connectivity index (χ3v) is 2.09. The summed E-state index contributed by atoms with van der Waals surface area (Å²) in [6.07, 6.45) is 1.24. The summed E-state index contributed by atoms with van der Waals surface area (Å²) >= 11 is 0. The predicted octanol–water partition coefficient (Wildman–Crippen LogP) is 1.45. The van der Waals surface area contributed by atoms with Crippen LogP contribution in [0.1, 0.15) is 10.5 Å². The number of amides is 1. The van der Waals surface area contributed by atoms with Gasteiger partial charge >= 0.3 is 0 Å². The quantitative estimate of drug-likeness (QED) is 0.845. The van der Waals surface area contributed by atoms with Crippen LogP contribution in [0.25, 0.3) is 11.5 Å². The summed E-state index contributed by atoms with van der Waals surface area (Å²) in [4.78, 5) is 14.8. The number of benzene rings is 1. The lowest BCUT2D eigenvalue weighted by Gasteiger charge is -1.99. The summed E-state index contributed by atoms with van der Waals surface area (Å²) in [5.41, 5.74) is 5.94. The molecule has 16 heavy (non-hydrogen) atoms. The third-order valence-electron chi connectivity index (χ3n) is 2.09. The molecule has 0 saturated carbocycles. The number of oxazole rings is 1. The van der Waals surface area contributed by atoms with E-state index in [2.05, 4.69) is 4.98 Å². The molecule has 0 aliphatic carbocycles. The van der Waals surface area contributed by atoms with Gasteiger partial charge in [-0.1, -0.05) is 0 Å². The van der Waals surface area contributed by atoms with Crippen LogP contribution >= 0.6 is 0 Å². The van der Waals surface area contributed by atoms with Gasteiger partial charge in [0.15, 0.2) is 5.69 Å². The van der Waals surface area contributed by atoms with E-state index >= 15 is 0 Å². The van der Waals surface area contributed by atoms with Gasteiger partial charge in [0.25, 0.3) is 5.91 Å². The van der Waals surface area contributed by atoms with Crippen LogP contribution in [0, 0.1) is 0 Å². The average molecular weight is 218 g/mol. The van der Waals surface area contributed by atoms with Gasteiger partial charge in [-0.05, 0) is 24.3 Å². The maximum atomic E-state index is 10.8. The van der Waals surface area contributed by atoms with Gasteiger partial charge in [0.2, 0.25) is 5.89 Å². The molecule has 0 saturated heterocycles. The first-order valence-electron chi connectivity index (χ1n) is 4.60. The normalized spacial score (nSPS) is 10.1. The fraction of sp³-hybridized carbons (Fsp3) is 0.0909. The lowest BCUT2D eigenvalue weighted by atomic mass is 10.2. The summed E-state index contributed by atoms with van der Waals surface area (Å²) in [6.45, 7) is 0. The first kappa shape index (κ1) is 10.2. The van der Waals surface area contributed by atoms with Crippen molar-refractivity contribution >= 4 is 5.91 Å². The highest BCUT2D eigenvalue weighted by Crippen LogP contribution is 2.21. The molecule has 0 unspecified atom stereocenters. The molecule has 5 nitrogen and oxygen atoms in total. The molecular weight excluding hydrogens is 208 g/mol. The smallest absolute Gasteiger partial charge is 0.270 e. The molecule has 1 heterocycles. The Morgan fingerprint density at radius 2 is 2.06 bits per heavy atom. The first-order valence-corrected chi connectivity index (χ1v) is 4.60. The van der Waals surface area contributed by atoms with Crippen LogP contribution in [0.15, 0.2) is 34.9 Å². The summed E-state index contributed by atoms with van der Waals surface area (Å²) in [5.74, 6) is 0.491. The van der Waals surface area contributed by atoms with Crippen LogP contribution in [0.2, 0.25) is 0 Å². The Morgan fingerprint density at radius 1 is 1.38 bits per heavy atom. The van der Waals surface area contributed by atoms with Crippen LogP contribution in [0.4, 0.5) is 0 Å². The monoisotopic (exact) mass is 218 g/mol. The molecular formula is C11H10N2O3. The fourth-order valence-electron chi connectivity index (χ4n) is 1.25. The van der Waals surface area contributed by atoms with Gasteiger partial charge in [-0.3, -0.25) is 4.79 Å². The maximum absolute atomic E-state index is 10.8. The topological polar surface area (TPSA) is 78.4 Å². The molecule has 82 valence electrons. The van der Waals surface area contributed by atoms with E-state index in [1.54, 1.807) is 31.4 Å². The molecule has 0 bridgehead atoms. The van der Waals surface area contributed by atoms with Crippen molar-refractivity contribution in [3.05, 3.63) is 36.2 Å². The minimum Gasteiger partial charge on any atom is -0.497 e. The zero-order chi connectivity index (χ0) is 11.5. The summed E-state index contributed by atoms with van der Waals surface area (Å²) in [7, 11) is 1.59.